The Labute approximate surface area is 176 Å². The SMILES string of the molecule is COCCC(=O)N1CCC(NC(=NCc2cccs2)NCCc2ccco2)CC1. The van der Waals surface area contributed by atoms with Gasteiger partial charge >= 0.3 is 0 Å². The van der Waals surface area contributed by atoms with Crippen molar-refractivity contribution < 1.29 is 13.9 Å². The summed E-state index contributed by atoms with van der Waals surface area (Å²) in [5, 5.41) is 9.04. The molecule has 1 aliphatic rings. The largest absolute Gasteiger partial charge is 0.469 e. The molecule has 0 atom stereocenters. The molecular weight excluding hydrogens is 388 g/mol. The van der Waals surface area contributed by atoms with Gasteiger partial charge in [-0.25, -0.2) is 4.99 Å². The number of hydrogen-bond acceptors (Lipinski definition) is 5. The number of aliphatic imine (C=N–C) groups is 1. The highest BCUT2D eigenvalue weighted by Gasteiger charge is 2.23. The van der Waals surface area contributed by atoms with Gasteiger partial charge in [0, 0.05) is 44.1 Å². The van der Waals surface area contributed by atoms with Gasteiger partial charge in [-0.05, 0) is 36.4 Å². The van der Waals surface area contributed by atoms with Crippen molar-refractivity contribution in [3.63, 3.8) is 0 Å². The Hall–Kier alpha value is -2.32. The first-order chi connectivity index (χ1) is 14.2. The number of carbonyl (C=O) groups excluding carboxylic acids is 1. The van der Waals surface area contributed by atoms with E-state index in [1.54, 1.807) is 24.7 Å². The maximum atomic E-state index is 12.2. The van der Waals surface area contributed by atoms with Crippen LogP contribution in [0.1, 0.15) is 29.9 Å². The van der Waals surface area contributed by atoms with Gasteiger partial charge < -0.3 is 24.7 Å². The summed E-state index contributed by atoms with van der Waals surface area (Å²) in [4.78, 5) is 20.1. The molecule has 3 rings (SSSR count). The van der Waals surface area contributed by atoms with Crippen LogP contribution in [0.25, 0.3) is 0 Å². The molecule has 2 aromatic rings. The predicted molar refractivity (Wildman–Crippen MR) is 115 cm³/mol. The Kier molecular flexibility index (Phi) is 8.58. The fourth-order valence-electron chi connectivity index (χ4n) is 3.29. The van der Waals surface area contributed by atoms with Crippen molar-refractivity contribution in [2.24, 2.45) is 4.99 Å². The summed E-state index contributed by atoms with van der Waals surface area (Å²) in [6.07, 6.45) is 4.78. The molecule has 7 nitrogen and oxygen atoms in total. The molecule has 8 heteroatoms. The maximum Gasteiger partial charge on any atom is 0.224 e. The summed E-state index contributed by atoms with van der Waals surface area (Å²) in [7, 11) is 1.62. The molecule has 0 radical (unpaired) electrons. The molecule has 0 unspecified atom stereocenters. The first-order valence-corrected chi connectivity index (χ1v) is 11.0. The van der Waals surface area contributed by atoms with Crippen molar-refractivity contribution in [2.45, 2.75) is 38.3 Å². The molecule has 1 saturated heterocycles. The second-order valence-corrected chi connectivity index (χ2v) is 8.07. The average Bonchev–Trinajstić information content (AvgIpc) is 3.45. The highest BCUT2D eigenvalue weighted by Crippen LogP contribution is 2.13. The Balaban J connectivity index is 1.49. The maximum absolute atomic E-state index is 12.2. The Morgan fingerprint density at radius 2 is 2.21 bits per heavy atom. The number of piperidine rings is 1. The molecule has 2 aromatic heterocycles. The number of furan rings is 1. The van der Waals surface area contributed by atoms with Crippen LogP contribution in [-0.2, 0) is 22.5 Å². The van der Waals surface area contributed by atoms with Crippen LogP contribution in [-0.4, -0.2) is 56.2 Å². The first kappa shape index (κ1) is 21.4. The molecule has 0 saturated carbocycles. The van der Waals surface area contributed by atoms with Crippen molar-refractivity contribution in [3.8, 4) is 0 Å². The van der Waals surface area contributed by atoms with E-state index >= 15 is 0 Å². The van der Waals surface area contributed by atoms with E-state index in [0.717, 1.165) is 50.6 Å². The quantitative estimate of drug-likeness (QED) is 0.483. The van der Waals surface area contributed by atoms with Crippen LogP contribution in [0.4, 0.5) is 0 Å². The molecule has 29 heavy (non-hydrogen) atoms. The van der Waals surface area contributed by atoms with Gasteiger partial charge in [-0.1, -0.05) is 6.07 Å². The number of guanidine groups is 1. The molecule has 1 aliphatic heterocycles. The van der Waals surface area contributed by atoms with Crippen molar-refractivity contribution >= 4 is 23.2 Å². The summed E-state index contributed by atoms with van der Waals surface area (Å²) in [6.45, 7) is 3.42. The van der Waals surface area contributed by atoms with E-state index in [-0.39, 0.29) is 5.91 Å². The average molecular weight is 419 g/mol. The molecule has 0 aliphatic carbocycles. The van der Waals surface area contributed by atoms with Gasteiger partial charge in [0.15, 0.2) is 5.96 Å². The minimum absolute atomic E-state index is 0.174. The lowest BCUT2D eigenvalue weighted by molar-refractivity contribution is -0.133. The summed E-state index contributed by atoms with van der Waals surface area (Å²) in [5.41, 5.74) is 0. The summed E-state index contributed by atoms with van der Waals surface area (Å²) in [5.74, 6) is 1.94. The number of carbonyl (C=O) groups is 1. The summed E-state index contributed by atoms with van der Waals surface area (Å²) < 4.78 is 10.4. The van der Waals surface area contributed by atoms with E-state index in [1.807, 2.05) is 23.1 Å². The van der Waals surface area contributed by atoms with Crippen LogP contribution >= 0.6 is 11.3 Å². The fraction of sp³-hybridized carbons (Fsp3) is 0.524. The zero-order valence-corrected chi connectivity index (χ0v) is 17.7. The number of likely N-dealkylation sites (tertiary alicyclic amines) is 1. The van der Waals surface area contributed by atoms with Gasteiger partial charge in [-0.3, -0.25) is 4.79 Å². The van der Waals surface area contributed by atoms with Gasteiger partial charge in [0.1, 0.15) is 5.76 Å². The van der Waals surface area contributed by atoms with Crippen LogP contribution in [0.2, 0.25) is 0 Å². The molecule has 0 aromatic carbocycles. The number of nitrogens with zero attached hydrogens (tertiary/aromatic N) is 2. The van der Waals surface area contributed by atoms with E-state index in [4.69, 9.17) is 14.1 Å². The molecule has 2 N–H and O–H groups in total. The number of rotatable bonds is 9. The number of amides is 1. The van der Waals surface area contributed by atoms with Crippen molar-refractivity contribution in [1.29, 1.82) is 0 Å². The minimum Gasteiger partial charge on any atom is -0.469 e. The molecule has 3 heterocycles. The number of nitrogens with one attached hydrogen (secondary N) is 2. The van der Waals surface area contributed by atoms with Crippen LogP contribution in [0, 0.1) is 0 Å². The second kappa shape index (κ2) is 11.6. The highest BCUT2D eigenvalue weighted by molar-refractivity contribution is 7.09. The smallest absolute Gasteiger partial charge is 0.224 e. The van der Waals surface area contributed by atoms with Crippen LogP contribution in [0.5, 0.6) is 0 Å². The number of ether oxygens (including phenoxy) is 1. The third-order valence-corrected chi connectivity index (χ3v) is 5.79. The standard InChI is InChI=1S/C21H30N4O3S/c1-27-14-9-20(26)25-11-7-17(8-12-25)24-21(23-16-19-5-3-15-29-19)22-10-6-18-4-2-13-28-18/h2-5,13,15,17H,6-12,14,16H2,1H3,(H2,22,23,24). The molecule has 1 amide bonds. The Bertz CT molecular complexity index is 738. The summed E-state index contributed by atoms with van der Waals surface area (Å²) in [6, 6.07) is 8.33. The van der Waals surface area contributed by atoms with E-state index < -0.39 is 0 Å². The normalized spacial score (nSPS) is 15.5. The van der Waals surface area contributed by atoms with Gasteiger partial charge in [0.25, 0.3) is 0 Å². The zero-order chi connectivity index (χ0) is 20.3. The molecule has 1 fully saturated rings. The monoisotopic (exact) mass is 418 g/mol. The van der Waals surface area contributed by atoms with E-state index in [9.17, 15) is 4.79 Å². The van der Waals surface area contributed by atoms with E-state index in [0.29, 0.717) is 25.6 Å². The van der Waals surface area contributed by atoms with Crippen molar-refractivity contribution in [1.82, 2.24) is 15.5 Å². The highest BCUT2D eigenvalue weighted by atomic mass is 32.1. The van der Waals surface area contributed by atoms with Gasteiger partial charge in [0.05, 0.1) is 25.8 Å². The third kappa shape index (κ3) is 7.21. The topological polar surface area (TPSA) is 79.1 Å². The molecular formula is C21H30N4O3S. The molecule has 158 valence electrons. The lowest BCUT2D eigenvalue weighted by atomic mass is 10.0. The Morgan fingerprint density at radius 3 is 2.90 bits per heavy atom. The predicted octanol–water partition coefficient (Wildman–Crippen LogP) is 2.65. The van der Waals surface area contributed by atoms with Gasteiger partial charge in [0.2, 0.25) is 5.91 Å². The second-order valence-electron chi connectivity index (χ2n) is 7.04. The van der Waals surface area contributed by atoms with Gasteiger partial charge in [-0.2, -0.15) is 0 Å². The third-order valence-electron chi connectivity index (χ3n) is 4.93. The number of thiophene rings is 1. The minimum atomic E-state index is 0.174. The molecule has 0 bridgehead atoms. The first-order valence-electron chi connectivity index (χ1n) is 10.1. The lowest BCUT2D eigenvalue weighted by Crippen LogP contribution is -2.50. The number of methoxy groups -OCH3 is 1. The number of hydrogen-bond donors (Lipinski definition) is 2. The van der Waals surface area contributed by atoms with Crippen molar-refractivity contribution in [3.05, 3.63) is 46.5 Å². The lowest BCUT2D eigenvalue weighted by Gasteiger charge is -2.33. The van der Waals surface area contributed by atoms with Crippen LogP contribution in [0.3, 0.4) is 0 Å². The van der Waals surface area contributed by atoms with Crippen LogP contribution < -0.4 is 10.6 Å². The van der Waals surface area contributed by atoms with Crippen molar-refractivity contribution in [2.75, 3.05) is 33.4 Å². The van der Waals surface area contributed by atoms with Gasteiger partial charge in [-0.15, -0.1) is 11.3 Å². The Morgan fingerprint density at radius 1 is 1.34 bits per heavy atom. The fourth-order valence-corrected chi connectivity index (χ4v) is 3.91. The zero-order valence-electron chi connectivity index (χ0n) is 16.9. The molecule has 0 spiro atoms. The van der Waals surface area contributed by atoms with Crippen LogP contribution in [0.15, 0.2) is 45.3 Å². The van der Waals surface area contributed by atoms with E-state index in [2.05, 4.69) is 22.1 Å². The van der Waals surface area contributed by atoms with E-state index in [1.165, 1.54) is 4.88 Å². The summed E-state index contributed by atoms with van der Waals surface area (Å²) >= 11 is 1.71.